The Hall–Kier alpha value is -0.0400. The summed E-state index contributed by atoms with van der Waals surface area (Å²) >= 11 is 0. The van der Waals surface area contributed by atoms with E-state index in [1.807, 2.05) is 0 Å². The lowest BCUT2D eigenvalue weighted by Crippen LogP contribution is -2.37. The lowest BCUT2D eigenvalue weighted by Gasteiger charge is -2.28. The van der Waals surface area contributed by atoms with Gasteiger partial charge in [0, 0.05) is 6.04 Å². The lowest BCUT2D eigenvalue weighted by molar-refractivity contribution is 0.257. The standard InChI is InChI=1S/C13H29N/c1-9(2)12(7)14-8-13(10(3)4)11(5)6/h9-14H,8H2,1-7H3. The van der Waals surface area contributed by atoms with Crippen molar-refractivity contribution < 1.29 is 0 Å². The van der Waals surface area contributed by atoms with E-state index < -0.39 is 0 Å². The van der Waals surface area contributed by atoms with Crippen LogP contribution in [0.2, 0.25) is 0 Å². The lowest BCUT2D eigenvalue weighted by atomic mass is 9.85. The molecule has 0 aromatic rings. The van der Waals surface area contributed by atoms with Crippen molar-refractivity contribution in [3.05, 3.63) is 0 Å². The number of nitrogens with one attached hydrogen (secondary N) is 1. The molecule has 0 rings (SSSR count). The molecular formula is C13H29N. The van der Waals surface area contributed by atoms with Crippen LogP contribution in [0.3, 0.4) is 0 Å². The summed E-state index contributed by atoms with van der Waals surface area (Å²) in [7, 11) is 0. The predicted octanol–water partition coefficient (Wildman–Crippen LogP) is 3.55. The van der Waals surface area contributed by atoms with Crippen LogP contribution in [0.15, 0.2) is 0 Å². The van der Waals surface area contributed by atoms with Crippen molar-refractivity contribution in [1.29, 1.82) is 0 Å². The second-order valence-electron chi connectivity index (χ2n) is 5.59. The summed E-state index contributed by atoms with van der Waals surface area (Å²) in [4.78, 5) is 0. The second-order valence-corrected chi connectivity index (χ2v) is 5.59. The largest absolute Gasteiger partial charge is 0.314 e. The van der Waals surface area contributed by atoms with Crippen LogP contribution in [0.4, 0.5) is 0 Å². The normalized spacial score (nSPS) is 14.8. The number of hydrogen-bond acceptors (Lipinski definition) is 1. The smallest absolute Gasteiger partial charge is 0.00618 e. The molecule has 0 bridgehead atoms. The SMILES string of the molecule is CC(C)C(C)NCC(C(C)C)C(C)C. The van der Waals surface area contributed by atoms with Crippen LogP contribution in [-0.4, -0.2) is 12.6 Å². The molecule has 0 spiro atoms. The molecule has 0 saturated heterocycles. The highest BCUT2D eigenvalue weighted by Crippen LogP contribution is 2.19. The van der Waals surface area contributed by atoms with Crippen molar-refractivity contribution >= 4 is 0 Å². The van der Waals surface area contributed by atoms with Crippen LogP contribution < -0.4 is 5.32 Å². The zero-order chi connectivity index (χ0) is 11.3. The molecule has 0 aliphatic carbocycles. The van der Waals surface area contributed by atoms with Gasteiger partial charge < -0.3 is 5.32 Å². The number of rotatable bonds is 6. The van der Waals surface area contributed by atoms with E-state index in [2.05, 4.69) is 53.8 Å². The molecule has 86 valence electrons. The molecule has 0 amide bonds. The molecule has 0 aliphatic heterocycles. The van der Waals surface area contributed by atoms with Crippen LogP contribution >= 0.6 is 0 Å². The molecule has 0 aliphatic rings. The summed E-state index contributed by atoms with van der Waals surface area (Å²) in [6.45, 7) is 17.3. The van der Waals surface area contributed by atoms with Crippen molar-refractivity contribution in [3.63, 3.8) is 0 Å². The Labute approximate surface area is 90.7 Å². The van der Waals surface area contributed by atoms with Gasteiger partial charge in [-0.2, -0.15) is 0 Å². The quantitative estimate of drug-likeness (QED) is 0.690. The molecule has 1 unspecified atom stereocenters. The van der Waals surface area contributed by atoms with Crippen molar-refractivity contribution in [1.82, 2.24) is 5.32 Å². The minimum absolute atomic E-state index is 0.634. The van der Waals surface area contributed by atoms with Crippen molar-refractivity contribution in [2.45, 2.75) is 54.5 Å². The molecule has 0 saturated carbocycles. The van der Waals surface area contributed by atoms with Gasteiger partial charge in [-0.3, -0.25) is 0 Å². The van der Waals surface area contributed by atoms with E-state index in [-0.39, 0.29) is 0 Å². The third-order valence-corrected chi connectivity index (χ3v) is 3.39. The fourth-order valence-electron chi connectivity index (χ4n) is 1.80. The Morgan fingerprint density at radius 3 is 1.43 bits per heavy atom. The first kappa shape index (κ1) is 14.0. The Balaban J connectivity index is 3.94. The van der Waals surface area contributed by atoms with E-state index in [0.717, 1.165) is 30.2 Å². The van der Waals surface area contributed by atoms with Gasteiger partial charge in [-0.1, -0.05) is 41.5 Å². The molecule has 1 N–H and O–H groups in total. The minimum Gasteiger partial charge on any atom is -0.314 e. The highest BCUT2D eigenvalue weighted by molar-refractivity contribution is 4.72. The third kappa shape index (κ3) is 4.99. The summed E-state index contributed by atoms with van der Waals surface area (Å²) in [5.41, 5.74) is 0. The molecule has 14 heavy (non-hydrogen) atoms. The Bertz CT molecular complexity index is 130. The van der Waals surface area contributed by atoms with Crippen LogP contribution in [0, 0.1) is 23.7 Å². The molecule has 0 heterocycles. The highest BCUT2D eigenvalue weighted by Gasteiger charge is 2.18. The predicted molar refractivity (Wildman–Crippen MR) is 65.5 cm³/mol. The van der Waals surface area contributed by atoms with E-state index in [1.54, 1.807) is 0 Å². The molecule has 0 aromatic heterocycles. The molecule has 0 fully saturated rings. The summed E-state index contributed by atoms with van der Waals surface area (Å²) in [6.07, 6.45) is 0. The molecule has 0 radical (unpaired) electrons. The van der Waals surface area contributed by atoms with Crippen LogP contribution in [0.25, 0.3) is 0 Å². The van der Waals surface area contributed by atoms with Crippen LogP contribution in [-0.2, 0) is 0 Å². The van der Waals surface area contributed by atoms with E-state index in [1.165, 1.54) is 0 Å². The first-order chi connectivity index (χ1) is 6.36. The average molecular weight is 199 g/mol. The average Bonchev–Trinajstić information content (AvgIpc) is 2.02. The van der Waals surface area contributed by atoms with Gasteiger partial charge in [0.15, 0.2) is 0 Å². The van der Waals surface area contributed by atoms with Gasteiger partial charge >= 0.3 is 0 Å². The minimum atomic E-state index is 0.634. The van der Waals surface area contributed by atoms with Gasteiger partial charge in [0.25, 0.3) is 0 Å². The van der Waals surface area contributed by atoms with E-state index in [4.69, 9.17) is 0 Å². The Morgan fingerprint density at radius 2 is 1.14 bits per heavy atom. The maximum Gasteiger partial charge on any atom is 0.00618 e. The topological polar surface area (TPSA) is 12.0 Å². The Morgan fingerprint density at radius 1 is 0.714 bits per heavy atom. The third-order valence-electron chi connectivity index (χ3n) is 3.39. The highest BCUT2D eigenvalue weighted by atomic mass is 14.9. The van der Waals surface area contributed by atoms with Crippen LogP contribution in [0.5, 0.6) is 0 Å². The molecule has 1 heteroatoms. The molecular weight excluding hydrogens is 170 g/mol. The monoisotopic (exact) mass is 199 g/mol. The summed E-state index contributed by atoms with van der Waals surface area (Å²) in [6, 6.07) is 0.634. The fraction of sp³-hybridized carbons (Fsp3) is 1.00. The number of hydrogen-bond donors (Lipinski definition) is 1. The molecule has 0 aromatic carbocycles. The van der Waals surface area contributed by atoms with E-state index in [0.29, 0.717) is 6.04 Å². The van der Waals surface area contributed by atoms with Crippen LogP contribution in [0.1, 0.15) is 48.5 Å². The van der Waals surface area contributed by atoms with E-state index in [9.17, 15) is 0 Å². The second kappa shape index (κ2) is 6.44. The van der Waals surface area contributed by atoms with Crippen molar-refractivity contribution in [2.75, 3.05) is 6.54 Å². The maximum absolute atomic E-state index is 3.64. The van der Waals surface area contributed by atoms with Gasteiger partial charge in [0.2, 0.25) is 0 Å². The van der Waals surface area contributed by atoms with Gasteiger partial charge in [-0.15, -0.1) is 0 Å². The van der Waals surface area contributed by atoms with E-state index >= 15 is 0 Å². The molecule has 1 atom stereocenters. The summed E-state index contributed by atoms with van der Waals surface area (Å²) in [5.74, 6) is 3.09. The first-order valence-electron chi connectivity index (χ1n) is 6.09. The summed E-state index contributed by atoms with van der Waals surface area (Å²) < 4.78 is 0. The maximum atomic E-state index is 3.64. The van der Waals surface area contributed by atoms with Gasteiger partial charge in [-0.05, 0) is 37.1 Å². The Kier molecular flexibility index (Phi) is 6.43. The van der Waals surface area contributed by atoms with Gasteiger partial charge in [0.1, 0.15) is 0 Å². The molecule has 1 nitrogen and oxygen atoms in total. The zero-order valence-electron chi connectivity index (χ0n) is 11.1. The van der Waals surface area contributed by atoms with Crippen molar-refractivity contribution in [2.24, 2.45) is 23.7 Å². The van der Waals surface area contributed by atoms with Gasteiger partial charge in [0.05, 0.1) is 0 Å². The fourth-order valence-corrected chi connectivity index (χ4v) is 1.80. The van der Waals surface area contributed by atoms with Gasteiger partial charge in [-0.25, -0.2) is 0 Å². The first-order valence-corrected chi connectivity index (χ1v) is 6.09. The van der Waals surface area contributed by atoms with Crippen molar-refractivity contribution in [3.8, 4) is 0 Å². The zero-order valence-corrected chi connectivity index (χ0v) is 11.1. The summed E-state index contributed by atoms with van der Waals surface area (Å²) in [5, 5.41) is 3.64.